The molecule has 0 radical (unpaired) electrons. The summed E-state index contributed by atoms with van der Waals surface area (Å²) in [6, 6.07) is 8.85. The Morgan fingerprint density at radius 2 is 2.00 bits per heavy atom. The van der Waals surface area contributed by atoms with E-state index in [1.807, 2.05) is 0 Å². The summed E-state index contributed by atoms with van der Waals surface area (Å²) >= 11 is 13.1. The molecule has 0 unspecified atom stereocenters. The maximum atomic E-state index is 12.6. The number of fused-ring (bicyclic) bond motifs is 1. The average Bonchev–Trinajstić information content (AvgIpc) is 2.93. The van der Waals surface area contributed by atoms with Gasteiger partial charge in [0.2, 0.25) is 10.0 Å². The second kappa shape index (κ2) is 7.46. The summed E-state index contributed by atoms with van der Waals surface area (Å²) in [6.07, 6.45) is 5.42. The minimum absolute atomic E-state index is 0.0418. The maximum Gasteiger partial charge on any atom is 0.281 e. The predicted octanol–water partition coefficient (Wildman–Crippen LogP) is 3.03. The van der Waals surface area contributed by atoms with E-state index in [0.29, 0.717) is 20.0 Å². The lowest BCUT2D eigenvalue weighted by Crippen LogP contribution is -2.16. The Labute approximate surface area is 168 Å². The molecule has 0 spiro atoms. The van der Waals surface area contributed by atoms with Crippen LogP contribution in [0.3, 0.4) is 0 Å². The number of nitrogens with two attached hydrogens (primary N) is 1. The van der Waals surface area contributed by atoms with Crippen molar-refractivity contribution in [1.29, 1.82) is 0 Å². The molecule has 0 atom stereocenters. The number of halogens is 2. The van der Waals surface area contributed by atoms with Crippen LogP contribution < -0.4 is 9.94 Å². The minimum Gasteiger partial charge on any atom is -0.305 e. The molecule has 2 aromatic carbocycles. The van der Waals surface area contributed by atoms with Crippen molar-refractivity contribution in [2.75, 3.05) is 0 Å². The van der Waals surface area contributed by atoms with Crippen LogP contribution >= 0.6 is 34.5 Å². The van der Waals surface area contributed by atoms with E-state index < -0.39 is 15.9 Å². The van der Waals surface area contributed by atoms with E-state index in [-0.39, 0.29) is 22.0 Å². The van der Waals surface area contributed by atoms with Crippen LogP contribution in [-0.2, 0) is 16.6 Å². The molecular weight excluding hydrogens is 429 g/mol. The molecule has 3 rings (SSSR count). The number of nitrogens with zero attached hydrogens (tertiary/aromatic N) is 2. The van der Waals surface area contributed by atoms with E-state index in [0.717, 1.165) is 11.3 Å². The van der Waals surface area contributed by atoms with E-state index in [9.17, 15) is 13.2 Å². The van der Waals surface area contributed by atoms with Gasteiger partial charge < -0.3 is 4.57 Å². The third-order valence-corrected chi connectivity index (χ3v) is 6.10. The number of carbonyl (C=O) groups excluding carboxylic acids is 1. The van der Waals surface area contributed by atoms with E-state index in [2.05, 4.69) is 10.9 Å². The molecule has 0 aliphatic heterocycles. The van der Waals surface area contributed by atoms with Gasteiger partial charge in [-0.05, 0) is 36.4 Å². The van der Waals surface area contributed by atoms with Crippen LogP contribution in [0.5, 0.6) is 0 Å². The molecule has 1 heterocycles. The first-order valence-electron chi connectivity index (χ1n) is 7.34. The van der Waals surface area contributed by atoms with Gasteiger partial charge >= 0.3 is 0 Å². The van der Waals surface area contributed by atoms with Gasteiger partial charge in [0.1, 0.15) is 0 Å². The first-order valence-corrected chi connectivity index (χ1v) is 10.5. The first kappa shape index (κ1) is 19.6. The number of thiazole rings is 1. The standard InChI is InChI=1S/C17H11Cl2N3O3S2/c1-2-7-22-14-6-4-11(27(20,24)25)9-15(14)26-17(22)21-16(23)12-8-10(18)3-5-13(12)19/h1,3-6,8-9H,7H2,(H2,20,24,25). The second-order valence-electron chi connectivity index (χ2n) is 5.39. The number of hydrogen-bond acceptors (Lipinski definition) is 4. The van der Waals surface area contributed by atoms with Gasteiger partial charge in [-0.3, -0.25) is 4.79 Å². The Morgan fingerprint density at radius 1 is 1.26 bits per heavy atom. The SMILES string of the molecule is C#CCn1c(=NC(=O)c2cc(Cl)ccc2Cl)sc2cc(S(N)(=O)=O)ccc21. The van der Waals surface area contributed by atoms with Crippen LogP contribution in [-0.4, -0.2) is 18.9 Å². The quantitative estimate of drug-likeness (QED) is 0.635. The van der Waals surface area contributed by atoms with Crippen molar-refractivity contribution in [3.63, 3.8) is 0 Å². The largest absolute Gasteiger partial charge is 0.305 e. The lowest BCUT2D eigenvalue weighted by atomic mass is 10.2. The van der Waals surface area contributed by atoms with Gasteiger partial charge in [0.25, 0.3) is 5.91 Å². The van der Waals surface area contributed by atoms with Gasteiger partial charge in [0.15, 0.2) is 4.80 Å². The number of aromatic nitrogens is 1. The molecule has 0 saturated heterocycles. The van der Waals surface area contributed by atoms with Crippen LogP contribution in [0.15, 0.2) is 46.3 Å². The van der Waals surface area contributed by atoms with Crippen LogP contribution in [0.1, 0.15) is 10.4 Å². The summed E-state index contributed by atoms with van der Waals surface area (Å²) in [5.74, 6) is 1.90. The minimum atomic E-state index is -3.86. The number of carbonyl (C=O) groups is 1. The molecule has 0 fully saturated rings. The van der Waals surface area contributed by atoms with Crippen molar-refractivity contribution < 1.29 is 13.2 Å². The highest BCUT2D eigenvalue weighted by atomic mass is 35.5. The zero-order valence-corrected chi connectivity index (χ0v) is 16.7. The molecule has 6 nitrogen and oxygen atoms in total. The normalized spacial score (nSPS) is 12.3. The van der Waals surface area contributed by atoms with Crippen LogP contribution in [0, 0.1) is 12.3 Å². The fourth-order valence-corrected chi connectivity index (χ4v) is 4.42. The molecule has 3 aromatic rings. The molecular formula is C17H11Cl2N3O3S2. The summed E-state index contributed by atoms with van der Waals surface area (Å²) in [5.41, 5.74) is 0.785. The predicted molar refractivity (Wildman–Crippen MR) is 106 cm³/mol. The highest BCUT2D eigenvalue weighted by Crippen LogP contribution is 2.23. The highest BCUT2D eigenvalue weighted by molar-refractivity contribution is 7.89. The van der Waals surface area contributed by atoms with Gasteiger partial charge in [0.05, 0.1) is 32.2 Å². The van der Waals surface area contributed by atoms with Crippen LogP contribution in [0.4, 0.5) is 0 Å². The lowest BCUT2D eigenvalue weighted by molar-refractivity contribution is 0.0998. The Hall–Kier alpha value is -2.15. The van der Waals surface area contributed by atoms with Crippen LogP contribution in [0.25, 0.3) is 10.2 Å². The van der Waals surface area contributed by atoms with E-state index >= 15 is 0 Å². The second-order valence-corrected chi connectivity index (χ2v) is 8.80. The Balaban J connectivity index is 2.22. The van der Waals surface area contributed by atoms with Gasteiger partial charge in [0, 0.05) is 5.02 Å². The van der Waals surface area contributed by atoms with Gasteiger partial charge in [-0.2, -0.15) is 4.99 Å². The number of hydrogen-bond donors (Lipinski definition) is 1. The summed E-state index contributed by atoms with van der Waals surface area (Å²) in [6.45, 7) is 0.143. The molecule has 0 aliphatic carbocycles. The number of terminal acetylenes is 1. The fourth-order valence-electron chi connectivity index (χ4n) is 2.37. The number of amides is 1. The van der Waals surface area contributed by atoms with Crippen molar-refractivity contribution in [3.8, 4) is 12.3 Å². The van der Waals surface area contributed by atoms with Gasteiger partial charge in [-0.15, -0.1) is 6.42 Å². The summed E-state index contributed by atoms with van der Waals surface area (Å²) < 4.78 is 25.3. The average molecular weight is 440 g/mol. The molecule has 27 heavy (non-hydrogen) atoms. The van der Waals surface area contributed by atoms with E-state index in [1.165, 1.54) is 24.3 Å². The molecule has 0 bridgehead atoms. The monoisotopic (exact) mass is 439 g/mol. The summed E-state index contributed by atoms with van der Waals surface area (Å²) in [4.78, 5) is 16.9. The zero-order valence-electron chi connectivity index (χ0n) is 13.5. The van der Waals surface area contributed by atoms with Crippen molar-refractivity contribution in [1.82, 2.24) is 4.57 Å². The molecule has 0 aliphatic rings. The zero-order chi connectivity index (χ0) is 19.8. The number of benzene rings is 2. The number of rotatable bonds is 3. The highest BCUT2D eigenvalue weighted by Gasteiger charge is 2.14. The molecule has 0 saturated carbocycles. The third-order valence-electron chi connectivity index (χ3n) is 3.59. The van der Waals surface area contributed by atoms with Crippen molar-refractivity contribution in [2.45, 2.75) is 11.4 Å². The number of sulfonamides is 1. The molecule has 2 N–H and O–H groups in total. The fraction of sp³-hybridized carbons (Fsp3) is 0.0588. The topological polar surface area (TPSA) is 94.5 Å². The van der Waals surface area contributed by atoms with Crippen molar-refractivity contribution in [3.05, 3.63) is 56.8 Å². The maximum absolute atomic E-state index is 12.6. The van der Waals surface area contributed by atoms with Crippen molar-refractivity contribution in [2.24, 2.45) is 10.1 Å². The first-order chi connectivity index (χ1) is 12.7. The Morgan fingerprint density at radius 3 is 2.67 bits per heavy atom. The number of primary sulfonamides is 1. The molecule has 138 valence electrons. The van der Waals surface area contributed by atoms with Crippen LogP contribution in [0.2, 0.25) is 10.0 Å². The third kappa shape index (κ3) is 4.08. The Bertz CT molecular complexity index is 1280. The summed E-state index contributed by atoms with van der Waals surface area (Å²) in [7, 11) is -3.86. The molecule has 1 amide bonds. The van der Waals surface area contributed by atoms with E-state index in [1.54, 1.807) is 16.7 Å². The van der Waals surface area contributed by atoms with Gasteiger partial charge in [-0.1, -0.05) is 40.5 Å². The van der Waals surface area contributed by atoms with Gasteiger partial charge in [-0.25, -0.2) is 13.6 Å². The van der Waals surface area contributed by atoms with Crippen molar-refractivity contribution >= 4 is 60.7 Å². The lowest BCUT2D eigenvalue weighted by Gasteiger charge is -2.02. The van der Waals surface area contributed by atoms with E-state index in [4.69, 9.17) is 34.8 Å². The Kier molecular flexibility index (Phi) is 5.42. The summed E-state index contributed by atoms with van der Waals surface area (Å²) in [5, 5.41) is 5.74. The molecule has 10 heteroatoms. The molecule has 1 aromatic heterocycles. The smallest absolute Gasteiger partial charge is 0.281 e.